The Morgan fingerprint density at radius 1 is 1.55 bits per heavy atom. The summed E-state index contributed by atoms with van der Waals surface area (Å²) < 4.78 is 4.20. The third kappa shape index (κ3) is 9.13. The van der Waals surface area contributed by atoms with E-state index in [1.54, 1.807) is 11.3 Å². The van der Waals surface area contributed by atoms with Crippen LogP contribution in [-0.2, 0) is 9.53 Å². The Labute approximate surface area is 69.2 Å². The molecule has 0 aliphatic heterocycles. The highest BCUT2D eigenvalue weighted by Gasteiger charge is 1.87. The lowest BCUT2D eigenvalue weighted by Gasteiger charge is -1.83. The maximum absolute atomic E-state index is 9.47. The number of methoxy groups -OCH3 is 1. The molecule has 0 spiro atoms. The van der Waals surface area contributed by atoms with Gasteiger partial charge in [0.15, 0.2) is 0 Å². The molecular formula is C7H10O3S. The van der Waals surface area contributed by atoms with Crippen LogP contribution < -0.4 is 0 Å². The third-order valence-corrected chi connectivity index (χ3v) is 1.32. The van der Waals surface area contributed by atoms with E-state index in [1.165, 1.54) is 7.11 Å². The number of rotatable bonds is 2. The molecule has 1 rings (SSSR count). The van der Waals surface area contributed by atoms with Gasteiger partial charge in [0.25, 0.3) is 0 Å². The van der Waals surface area contributed by atoms with Crippen molar-refractivity contribution in [1.82, 2.24) is 0 Å². The van der Waals surface area contributed by atoms with Gasteiger partial charge in [-0.25, -0.2) is 4.79 Å². The molecule has 62 valence electrons. The van der Waals surface area contributed by atoms with Gasteiger partial charge in [0.05, 0.1) is 0 Å². The van der Waals surface area contributed by atoms with Crippen molar-refractivity contribution in [2.45, 2.75) is 0 Å². The van der Waals surface area contributed by atoms with E-state index in [-0.39, 0.29) is 6.61 Å². The van der Waals surface area contributed by atoms with E-state index in [4.69, 9.17) is 5.11 Å². The lowest BCUT2D eigenvalue weighted by molar-refractivity contribution is -0.141. The van der Waals surface area contributed by atoms with Crippen LogP contribution >= 0.6 is 11.3 Å². The van der Waals surface area contributed by atoms with Gasteiger partial charge in [-0.15, -0.1) is 0 Å². The molecule has 0 unspecified atom stereocenters. The molecule has 0 aliphatic rings. The first-order valence-electron chi connectivity index (χ1n) is 2.95. The van der Waals surface area contributed by atoms with Crippen LogP contribution in [0.5, 0.6) is 0 Å². The van der Waals surface area contributed by atoms with Crippen molar-refractivity contribution in [2.24, 2.45) is 0 Å². The van der Waals surface area contributed by atoms with Gasteiger partial charge in [0.1, 0.15) is 6.61 Å². The summed E-state index contributed by atoms with van der Waals surface area (Å²) in [6.45, 7) is -0.208. The molecule has 1 aromatic rings. The molecule has 4 heteroatoms. The first kappa shape index (κ1) is 10.1. The second-order valence-corrected chi connectivity index (χ2v) is 2.44. The SMILES string of the molecule is COCC(=O)O.c1ccsc1. The summed E-state index contributed by atoms with van der Waals surface area (Å²) in [5.74, 6) is -0.933. The zero-order valence-electron chi connectivity index (χ0n) is 6.19. The molecule has 0 amide bonds. The van der Waals surface area contributed by atoms with Gasteiger partial charge in [-0.2, -0.15) is 11.3 Å². The molecular weight excluding hydrogens is 164 g/mol. The van der Waals surface area contributed by atoms with Gasteiger partial charge in [-0.05, 0) is 10.8 Å². The minimum absolute atomic E-state index is 0.208. The third-order valence-electron chi connectivity index (χ3n) is 0.693. The van der Waals surface area contributed by atoms with Crippen LogP contribution in [-0.4, -0.2) is 24.8 Å². The zero-order valence-corrected chi connectivity index (χ0v) is 7.00. The van der Waals surface area contributed by atoms with Gasteiger partial charge in [0, 0.05) is 7.11 Å². The molecule has 1 N–H and O–H groups in total. The van der Waals surface area contributed by atoms with E-state index in [0.29, 0.717) is 0 Å². The standard InChI is InChI=1S/C4H4S.C3H6O3/c1-2-4-5-3-1;1-6-2-3(4)5/h1-4H;2H2,1H3,(H,4,5). The molecule has 11 heavy (non-hydrogen) atoms. The second-order valence-electron chi connectivity index (χ2n) is 1.62. The van der Waals surface area contributed by atoms with E-state index in [0.717, 1.165) is 0 Å². The summed E-state index contributed by atoms with van der Waals surface area (Å²) >= 11 is 1.71. The smallest absolute Gasteiger partial charge is 0.329 e. The summed E-state index contributed by atoms with van der Waals surface area (Å²) in [5.41, 5.74) is 0. The number of hydrogen-bond donors (Lipinski definition) is 1. The number of aliphatic carboxylic acids is 1. The molecule has 0 aliphatic carbocycles. The summed E-state index contributed by atoms with van der Waals surface area (Å²) in [6, 6.07) is 4.04. The molecule has 0 radical (unpaired) electrons. The lowest BCUT2D eigenvalue weighted by Crippen LogP contribution is -2.02. The van der Waals surface area contributed by atoms with Gasteiger partial charge in [0.2, 0.25) is 0 Å². The summed E-state index contributed by atoms with van der Waals surface area (Å²) in [5, 5.41) is 11.9. The minimum atomic E-state index is -0.933. The average molecular weight is 174 g/mol. The minimum Gasteiger partial charge on any atom is -0.480 e. The molecule has 0 atom stereocenters. The van der Waals surface area contributed by atoms with Crippen LogP contribution in [0.2, 0.25) is 0 Å². The number of carboxylic acids is 1. The van der Waals surface area contributed by atoms with Crippen LogP contribution in [0.25, 0.3) is 0 Å². The summed E-state index contributed by atoms with van der Waals surface area (Å²) in [4.78, 5) is 9.47. The molecule has 0 bridgehead atoms. The van der Waals surface area contributed by atoms with Crippen molar-refractivity contribution in [1.29, 1.82) is 0 Å². The predicted octanol–water partition coefficient (Wildman–Crippen LogP) is 1.47. The topological polar surface area (TPSA) is 46.5 Å². The largest absolute Gasteiger partial charge is 0.480 e. The van der Waals surface area contributed by atoms with Crippen molar-refractivity contribution >= 4 is 17.3 Å². The Morgan fingerprint density at radius 2 is 2.09 bits per heavy atom. The van der Waals surface area contributed by atoms with Crippen LogP contribution in [0.1, 0.15) is 0 Å². The highest BCUT2D eigenvalue weighted by Crippen LogP contribution is 1.91. The monoisotopic (exact) mass is 174 g/mol. The number of carbonyl (C=O) groups is 1. The average Bonchev–Trinajstić information content (AvgIpc) is 2.41. The predicted molar refractivity (Wildman–Crippen MR) is 43.8 cm³/mol. The fourth-order valence-electron chi connectivity index (χ4n) is 0.350. The van der Waals surface area contributed by atoms with E-state index in [2.05, 4.69) is 4.74 Å². The first-order valence-corrected chi connectivity index (χ1v) is 3.89. The Balaban J connectivity index is 0.000000183. The highest BCUT2D eigenvalue weighted by atomic mass is 32.1. The number of hydrogen-bond acceptors (Lipinski definition) is 3. The fraction of sp³-hybridized carbons (Fsp3) is 0.286. The van der Waals surface area contributed by atoms with Gasteiger partial charge in [-0.3, -0.25) is 0 Å². The van der Waals surface area contributed by atoms with Crippen LogP contribution in [0.3, 0.4) is 0 Å². The van der Waals surface area contributed by atoms with Crippen molar-refractivity contribution < 1.29 is 14.6 Å². The Kier molecular flexibility index (Phi) is 6.67. The highest BCUT2D eigenvalue weighted by molar-refractivity contribution is 7.07. The van der Waals surface area contributed by atoms with E-state index >= 15 is 0 Å². The number of thiophene rings is 1. The second kappa shape index (κ2) is 7.24. The van der Waals surface area contributed by atoms with E-state index in [1.807, 2.05) is 22.9 Å². The fourth-order valence-corrected chi connectivity index (χ4v) is 0.804. The molecule has 0 saturated carbocycles. The van der Waals surface area contributed by atoms with Crippen molar-refractivity contribution in [2.75, 3.05) is 13.7 Å². The van der Waals surface area contributed by atoms with Crippen molar-refractivity contribution in [3.63, 3.8) is 0 Å². The van der Waals surface area contributed by atoms with Gasteiger partial charge in [-0.1, -0.05) is 12.1 Å². The zero-order chi connectivity index (χ0) is 8.53. The first-order chi connectivity index (χ1) is 5.27. The van der Waals surface area contributed by atoms with E-state index in [9.17, 15) is 4.79 Å². The van der Waals surface area contributed by atoms with Gasteiger partial charge >= 0.3 is 5.97 Å². The van der Waals surface area contributed by atoms with Gasteiger partial charge < -0.3 is 9.84 Å². The summed E-state index contributed by atoms with van der Waals surface area (Å²) in [6.07, 6.45) is 0. The van der Waals surface area contributed by atoms with E-state index < -0.39 is 5.97 Å². The van der Waals surface area contributed by atoms with Crippen molar-refractivity contribution in [3.05, 3.63) is 22.9 Å². The molecule has 0 aromatic carbocycles. The Hall–Kier alpha value is -0.870. The van der Waals surface area contributed by atoms with Crippen molar-refractivity contribution in [3.8, 4) is 0 Å². The van der Waals surface area contributed by atoms with Crippen LogP contribution in [0, 0.1) is 0 Å². The lowest BCUT2D eigenvalue weighted by atomic mass is 10.7. The normalized spacial score (nSPS) is 8.09. The maximum atomic E-state index is 9.47. The summed E-state index contributed by atoms with van der Waals surface area (Å²) in [7, 11) is 1.34. The van der Waals surface area contributed by atoms with Crippen LogP contribution in [0.4, 0.5) is 0 Å². The quantitative estimate of drug-likeness (QED) is 0.738. The molecule has 1 aromatic heterocycles. The number of ether oxygens (including phenoxy) is 1. The van der Waals surface area contributed by atoms with Crippen LogP contribution in [0.15, 0.2) is 22.9 Å². The molecule has 1 heterocycles. The molecule has 0 fully saturated rings. The molecule has 0 saturated heterocycles. The molecule has 3 nitrogen and oxygen atoms in total. The number of carboxylic acid groups (broad SMARTS) is 1. The Bertz CT molecular complexity index is 155. The maximum Gasteiger partial charge on any atom is 0.329 e. The Morgan fingerprint density at radius 3 is 2.18 bits per heavy atom.